The molecule has 2 aromatic heterocycles. The first-order valence-corrected chi connectivity index (χ1v) is 19.4. The van der Waals surface area contributed by atoms with E-state index < -0.39 is 0 Å². The van der Waals surface area contributed by atoms with E-state index in [4.69, 9.17) is 9.97 Å². The van der Waals surface area contributed by atoms with Crippen LogP contribution in [0.1, 0.15) is 63.8 Å². The van der Waals surface area contributed by atoms with Gasteiger partial charge < -0.3 is 0 Å². The van der Waals surface area contributed by atoms with Crippen LogP contribution in [-0.4, -0.2) is 19.5 Å². The first kappa shape index (κ1) is 35.5. The van der Waals surface area contributed by atoms with E-state index in [1.54, 1.807) is 0 Å². The second-order valence-corrected chi connectivity index (χ2v) is 18.9. The molecular formula is C48H44N2S2. The van der Waals surface area contributed by atoms with Crippen LogP contribution in [-0.2, 0) is 0 Å². The number of pyridine rings is 2. The third kappa shape index (κ3) is 9.11. The number of aromatic nitrogens is 2. The molecule has 0 unspecified atom stereocenters. The molecule has 2 heterocycles. The van der Waals surface area contributed by atoms with E-state index in [2.05, 4.69) is 187 Å². The van der Waals surface area contributed by atoms with E-state index in [0.717, 1.165) is 44.1 Å². The Bertz CT molecular complexity index is 2200. The Balaban J connectivity index is 1.02. The predicted molar refractivity (Wildman–Crippen MR) is 230 cm³/mol. The Morgan fingerprint density at radius 1 is 0.385 bits per heavy atom. The zero-order valence-corrected chi connectivity index (χ0v) is 32.4. The Morgan fingerprint density at radius 3 is 1.00 bits per heavy atom. The van der Waals surface area contributed by atoms with Gasteiger partial charge in [0.2, 0.25) is 0 Å². The quantitative estimate of drug-likeness (QED) is 0.0890. The standard InChI is InChI=1S/C48H44N2S2/c1-47(2,3)51-43-25-15-35(16-26-43)9-7-33-11-19-37(20-12-33)41-29-39-23-24-40-30-42(32-50-46(40)45(39)49-31-41)38-21-13-34(14-22-38)8-10-36-17-27-44(28-18-36)52-48(4,5)6/h7-32H,1-6H3. The summed E-state index contributed by atoms with van der Waals surface area (Å²) in [6.07, 6.45) is 12.6. The highest BCUT2D eigenvalue weighted by Gasteiger charge is 2.13. The summed E-state index contributed by atoms with van der Waals surface area (Å²) in [5.74, 6) is 0. The van der Waals surface area contributed by atoms with E-state index in [0.29, 0.717) is 0 Å². The molecule has 0 atom stereocenters. The minimum Gasteiger partial charge on any atom is -0.253 e. The van der Waals surface area contributed by atoms with Crippen LogP contribution in [0.5, 0.6) is 0 Å². The van der Waals surface area contributed by atoms with Crippen LogP contribution in [0.15, 0.2) is 144 Å². The van der Waals surface area contributed by atoms with Crippen molar-refractivity contribution < 1.29 is 0 Å². The van der Waals surface area contributed by atoms with Crippen molar-refractivity contribution in [2.75, 3.05) is 0 Å². The lowest BCUT2D eigenvalue weighted by Crippen LogP contribution is -2.06. The van der Waals surface area contributed by atoms with E-state index in [1.807, 2.05) is 35.9 Å². The summed E-state index contributed by atoms with van der Waals surface area (Å²) in [6, 6.07) is 43.6. The monoisotopic (exact) mass is 712 g/mol. The summed E-state index contributed by atoms with van der Waals surface area (Å²) in [5.41, 5.74) is 11.0. The summed E-state index contributed by atoms with van der Waals surface area (Å²) >= 11 is 3.78. The maximum absolute atomic E-state index is 4.91. The summed E-state index contributed by atoms with van der Waals surface area (Å²) in [7, 11) is 0. The first-order chi connectivity index (χ1) is 24.9. The van der Waals surface area contributed by atoms with Crippen molar-refractivity contribution in [2.24, 2.45) is 0 Å². The van der Waals surface area contributed by atoms with Crippen molar-refractivity contribution in [1.29, 1.82) is 0 Å². The Hall–Kier alpha value is -4.90. The van der Waals surface area contributed by atoms with Crippen LogP contribution in [0.3, 0.4) is 0 Å². The van der Waals surface area contributed by atoms with Gasteiger partial charge in [-0.05, 0) is 69.8 Å². The van der Waals surface area contributed by atoms with Gasteiger partial charge in [0.1, 0.15) is 0 Å². The first-order valence-electron chi connectivity index (χ1n) is 17.8. The average molecular weight is 713 g/mol. The van der Waals surface area contributed by atoms with E-state index in [9.17, 15) is 0 Å². The lowest BCUT2D eigenvalue weighted by molar-refractivity contribution is 0.802. The molecule has 0 saturated heterocycles. The molecule has 2 nitrogen and oxygen atoms in total. The minimum absolute atomic E-state index is 0.210. The molecule has 258 valence electrons. The molecule has 0 fully saturated rings. The van der Waals surface area contributed by atoms with Crippen LogP contribution in [0, 0.1) is 0 Å². The molecule has 0 radical (unpaired) electrons. The van der Waals surface area contributed by atoms with Gasteiger partial charge in [-0.1, -0.05) is 151 Å². The average Bonchev–Trinajstić information content (AvgIpc) is 3.13. The van der Waals surface area contributed by atoms with E-state index in [1.165, 1.54) is 32.0 Å². The number of benzene rings is 5. The number of thioether (sulfide) groups is 2. The summed E-state index contributed by atoms with van der Waals surface area (Å²) in [4.78, 5) is 12.4. The molecule has 0 aliphatic rings. The lowest BCUT2D eigenvalue weighted by Gasteiger charge is -2.17. The van der Waals surface area contributed by atoms with Gasteiger partial charge in [0.05, 0.1) is 11.0 Å². The van der Waals surface area contributed by atoms with E-state index >= 15 is 0 Å². The van der Waals surface area contributed by atoms with Crippen molar-refractivity contribution in [2.45, 2.75) is 60.8 Å². The van der Waals surface area contributed by atoms with Crippen molar-refractivity contribution in [3.8, 4) is 22.3 Å². The summed E-state index contributed by atoms with van der Waals surface area (Å²) in [6.45, 7) is 13.5. The third-order valence-corrected chi connectivity index (χ3v) is 10.8. The number of hydrogen-bond donors (Lipinski definition) is 0. The summed E-state index contributed by atoms with van der Waals surface area (Å²) < 4.78 is 0.420. The Morgan fingerprint density at radius 2 is 0.692 bits per heavy atom. The second kappa shape index (κ2) is 15.0. The normalized spacial score (nSPS) is 12.4. The van der Waals surface area contributed by atoms with E-state index in [-0.39, 0.29) is 9.49 Å². The van der Waals surface area contributed by atoms with Gasteiger partial charge >= 0.3 is 0 Å². The zero-order chi connectivity index (χ0) is 36.3. The highest BCUT2D eigenvalue weighted by Crippen LogP contribution is 2.34. The highest BCUT2D eigenvalue weighted by atomic mass is 32.2. The molecule has 0 N–H and O–H groups in total. The molecule has 0 saturated carbocycles. The Kier molecular flexibility index (Phi) is 10.2. The largest absolute Gasteiger partial charge is 0.253 e. The SMILES string of the molecule is CC(C)(C)Sc1ccc(C=Cc2ccc(-c3cnc4c(ccc5cc(-c6ccc(C=Cc7ccc(SC(C)(C)C)cc7)cc6)cnc54)c3)cc2)cc1. The van der Waals surface area contributed by atoms with Crippen molar-refractivity contribution >= 4 is 69.6 Å². The number of fused-ring (bicyclic) bond motifs is 3. The van der Waals surface area contributed by atoms with Gasteiger partial charge in [-0.15, -0.1) is 23.5 Å². The van der Waals surface area contributed by atoms with Gasteiger partial charge in [-0.25, -0.2) is 0 Å². The van der Waals surface area contributed by atoms with Gasteiger partial charge in [0.25, 0.3) is 0 Å². The van der Waals surface area contributed by atoms with Gasteiger partial charge in [-0.2, -0.15) is 0 Å². The molecule has 0 spiro atoms. The maximum Gasteiger partial charge on any atom is 0.0965 e. The molecule has 5 aromatic carbocycles. The zero-order valence-electron chi connectivity index (χ0n) is 30.7. The fourth-order valence-electron chi connectivity index (χ4n) is 6.07. The van der Waals surface area contributed by atoms with Crippen molar-refractivity contribution in [1.82, 2.24) is 9.97 Å². The maximum atomic E-state index is 4.91. The molecule has 7 aromatic rings. The lowest BCUT2D eigenvalue weighted by atomic mass is 10.0. The van der Waals surface area contributed by atoms with Crippen LogP contribution < -0.4 is 0 Å². The highest BCUT2D eigenvalue weighted by molar-refractivity contribution is 8.00. The number of nitrogens with zero attached hydrogens (tertiary/aromatic N) is 2. The van der Waals surface area contributed by atoms with Crippen LogP contribution in [0.25, 0.3) is 68.4 Å². The molecule has 0 aliphatic heterocycles. The van der Waals surface area contributed by atoms with Crippen LogP contribution in [0.2, 0.25) is 0 Å². The third-order valence-electron chi connectivity index (χ3n) is 8.53. The second-order valence-electron chi connectivity index (χ2n) is 15.1. The van der Waals surface area contributed by atoms with Gasteiger partial charge in [0.15, 0.2) is 0 Å². The van der Waals surface area contributed by atoms with Crippen molar-refractivity contribution in [3.05, 3.63) is 156 Å². The number of rotatable bonds is 8. The summed E-state index contributed by atoms with van der Waals surface area (Å²) in [5, 5.41) is 2.17. The molecule has 0 amide bonds. The fourth-order valence-corrected chi connectivity index (χ4v) is 8.03. The molecule has 7 rings (SSSR count). The molecule has 52 heavy (non-hydrogen) atoms. The Labute approximate surface area is 317 Å². The smallest absolute Gasteiger partial charge is 0.0965 e. The molecular weight excluding hydrogens is 669 g/mol. The minimum atomic E-state index is 0.210. The van der Waals surface area contributed by atoms with Crippen molar-refractivity contribution in [3.63, 3.8) is 0 Å². The van der Waals surface area contributed by atoms with Gasteiger partial charge in [0, 0.05) is 53.6 Å². The fraction of sp³-hybridized carbons (Fsp3) is 0.167. The molecule has 4 heteroatoms. The van der Waals surface area contributed by atoms with Crippen LogP contribution in [0.4, 0.5) is 0 Å². The van der Waals surface area contributed by atoms with Crippen LogP contribution >= 0.6 is 23.5 Å². The molecule has 0 aliphatic carbocycles. The molecule has 0 bridgehead atoms. The van der Waals surface area contributed by atoms with Gasteiger partial charge in [-0.3, -0.25) is 9.97 Å². The topological polar surface area (TPSA) is 25.8 Å². The predicted octanol–water partition coefficient (Wildman–Crippen LogP) is 14.2. The number of hydrogen-bond acceptors (Lipinski definition) is 4.